The van der Waals surface area contributed by atoms with Gasteiger partial charge in [-0.2, -0.15) is 0 Å². The lowest BCUT2D eigenvalue weighted by Crippen LogP contribution is -2.28. The van der Waals surface area contributed by atoms with Gasteiger partial charge < -0.3 is 0 Å². The molecule has 2 aromatic carbocycles. The van der Waals surface area contributed by atoms with Crippen molar-refractivity contribution in [3.63, 3.8) is 0 Å². The van der Waals surface area contributed by atoms with Crippen molar-refractivity contribution in [2.75, 3.05) is 0 Å². The average Bonchev–Trinajstić information content (AvgIpc) is 2.99. The third kappa shape index (κ3) is 12.7. The minimum absolute atomic E-state index is 0.688. The van der Waals surface area contributed by atoms with Crippen LogP contribution in [0.2, 0.25) is 0 Å². The summed E-state index contributed by atoms with van der Waals surface area (Å²) in [5, 5.41) is 0. The number of benzene rings is 2. The molecular weight excluding hydrogens is 575 g/mol. The first kappa shape index (κ1) is 35.5. The van der Waals surface area contributed by atoms with E-state index in [1.807, 2.05) is 60.7 Å². The van der Waals surface area contributed by atoms with E-state index in [1.54, 1.807) is 0 Å². The van der Waals surface area contributed by atoms with Crippen LogP contribution < -0.4 is 0 Å². The van der Waals surface area contributed by atoms with Crippen molar-refractivity contribution < 1.29 is 8.42 Å². The molecule has 0 amide bonds. The van der Waals surface area contributed by atoms with E-state index in [-0.39, 0.29) is 0 Å². The first-order chi connectivity index (χ1) is 19.4. The van der Waals surface area contributed by atoms with Crippen molar-refractivity contribution >= 4 is 44.8 Å². The van der Waals surface area contributed by atoms with E-state index in [0.717, 1.165) is 99.7 Å². The fourth-order valence-electron chi connectivity index (χ4n) is 5.25. The van der Waals surface area contributed by atoms with Gasteiger partial charge in [-0.1, -0.05) is 140 Å². The Bertz CT molecular complexity index is 893. The lowest BCUT2D eigenvalue weighted by molar-refractivity contribution is 0.498. The molecule has 0 spiro atoms. The molecule has 0 heterocycles. The van der Waals surface area contributed by atoms with Crippen molar-refractivity contribution in [2.45, 2.75) is 148 Å². The van der Waals surface area contributed by atoms with Crippen LogP contribution in [-0.2, 0) is 21.6 Å². The van der Waals surface area contributed by atoms with Gasteiger partial charge >= 0.3 is 0 Å². The van der Waals surface area contributed by atoms with E-state index < -0.39 is 30.0 Å². The molecule has 2 aromatic rings. The smallest absolute Gasteiger partial charge is 0.124 e. The van der Waals surface area contributed by atoms with Gasteiger partial charge in [-0.05, 0) is 49.9 Å². The highest BCUT2D eigenvalue weighted by atomic mass is 35.5. The SMILES string of the molecule is CCCCCCC(Cl)(CCCCCCCCC(Cl)(CCCCCC)S(=O)c1ccccc1)S(=O)c1ccccc1. The van der Waals surface area contributed by atoms with Crippen molar-refractivity contribution in [1.82, 2.24) is 0 Å². The Morgan fingerprint density at radius 3 is 1.05 bits per heavy atom. The van der Waals surface area contributed by atoms with Crippen LogP contribution in [0.1, 0.15) is 129 Å². The molecule has 0 saturated carbocycles. The molecule has 4 unspecified atom stereocenters. The summed E-state index contributed by atoms with van der Waals surface area (Å²) in [4.78, 5) is 1.67. The number of hydrogen-bond donors (Lipinski definition) is 0. The van der Waals surface area contributed by atoms with Gasteiger partial charge in [0.15, 0.2) is 0 Å². The van der Waals surface area contributed by atoms with Crippen LogP contribution in [0.5, 0.6) is 0 Å². The summed E-state index contributed by atoms with van der Waals surface area (Å²) in [7, 11) is -2.43. The maximum absolute atomic E-state index is 13.4. The maximum Gasteiger partial charge on any atom is 0.124 e. The van der Waals surface area contributed by atoms with Gasteiger partial charge in [-0.25, -0.2) is 0 Å². The number of alkyl halides is 2. The quantitative estimate of drug-likeness (QED) is 0.0907. The Kier molecular flexibility index (Phi) is 18.0. The zero-order chi connectivity index (χ0) is 29.1. The highest BCUT2D eigenvalue weighted by Gasteiger charge is 2.35. The van der Waals surface area contributed by atoms with Crippen molar-refractivity contribution in [2.24, 2.45) is 0 Å². The number of rotatable bonds is 23. The molecule has 40 heavy (non-hydrogen) atoms. The number of unbranched alkanes of at least 4 members (excludes halogenated alkanes) is 11. The van der Waals surface area contributed by atoms with E-state index in [0.29, 0.717) is 0 Å². The third-order valence-corrected chi connectivity index (χ3v) is 12.9. The van der Waals surface area contributed by atoms with Crippen LogP contribution in [0.3, 0.4) is 0 Å². The van der Waals surface area contributed by atoms with Crippen LogP contribution in [-0.4, -0.2) is 16.8 Å². The number of hydrogen-bond acceptors (Lipinski definition) is 2. The molecule has 0 aliphatic heterocycles. The Hall–Kier alpha value is -0.680. The molecular formula is C34H52Cl2O2S2. The first-order valence-corrected chi connectivity index (χ1v) is 18.7. The molecule has 0 aromatic heterocycles. The molecule has 6 heteroatoms. The summed E-state index contributed by atoms with van der Waals surface area (Å²) in [6.45, 7) is 4.42. The van der Waals surface area contributed by atoms with Gasteiger partial charge in [0.05, 0.1) is 21.6 Å². The topological polar surface area (TPSA) is 34.1 Å². The first-order valence-electron chi connectivity index (χ1n) is 15.7. The van der Waals surface area contributed by atoms with Crippen LogP contribution in [0.25, 0.3) is 0 Å². The van der Waals surface area contributed by atoms with Gasteiger partial charge in [-0.15, -0.1) is 23.2 Å². The Morgan fingerprint density at radius 2 is 0.750 bits per heavy atom. The summed E-state index contributed by atoms with van der Waals surface area (Å²) in [6.07, 6.45) is 18.7. The Labute approximate surface area is 260 Å². The summed E-state index contributed by atoms with van der Waals surface area (Å²) >= 11 is 14.2. The molecule has 0 aliphatic carbocycles. The standard InChI is InChI=1S/C34H52Cl2O2S2/c1-3-5-7-19-27-33(35,39(37)31-23-15-13-16-24-31)29-21-11-9-10-12-22-30-34(36,28-20-8-6-4-2)40(38)32-25-17-14-18-26-32/h13-18,23-26H,3-12,19-22,27-30H2,1-2H3. The van der Waals surface area contributed by atoms with E-state index in [9.17, 15) is 8.42 Å². The predicted octanol–water partition coefficient (Wildman–Crippen LogP) is 11.5. The summed E-state index contributed by atoms with van der Waals surface area (Å²) in [6, 6.07) is 19.4. The fraction of sp³-hybridized carbons (Fsp3) is 0.647. The summed E-state index contributed by atoms with van der Waals surface area (Å²) < 4.78 is 25.5. The second kappa shape index (κ2) is 20.3. The van der Waals surface area contributed by atoms with Gasteiger partial charge in [-0.3, -0.25) is 8.42 Å². The minimum atomic E-state index is -1.22. The van der Waals surface area contributed by atoms with Crippen molar-refractivity contribution in [1.29, 1.82) is 0 Å². The molecule has 0 radical (unpaired) electrons. The predicted molar refractivity (Wildman–Crippen MR) is 177 cm³/mol. The summed E-state index contributed by atoms with van der Waals surface area (Å²) in [5.41, 5.74) is 0. The lowest BCUT2D eigenvalue weighted by Gasteiger charge is -2.27. The molecule has 0 aliphatic rings. The molecule has 0 saturated heterocycles. The Balaban J connectivity index is 1.81. The van der Waals surface area contributed by atoms with Gasteiger partial charge in [0.1, 0.15) is 8.41 Å². The van der Waals surface area contributed by atoms with Crippen LogP contribution in [0.4, 0.5) is 0 Å². The highest BCUT2D eigenvalue weighted by molar-refractivity contribution is 7.88. The Morgan fingerprint density at radius 1 is 0.475 bits per heavy atom. The minimum Gasteiger partial charge on any atom is -0.253 e. The van der Waals surface area contributed by atoms with E-state index in [2.05, 4.69) is 13.8 Å². The second-order valence-electron chi connectivity index (χ2n) is 11.2. The second-order valence-corrected chi connectivity index (χ2v) is 16.6. The normalized spacial score (nSPS) is 16.2. The highest BCUT2D eigenvalue weighted by Crippen LogP contribution is 2.38. The van der Waals surface area contributed by atoms with E-state index in [4.69, 9.17) is 23.2 Å². The molecule has 226 valence electrons. The zero-order valence-electron chi connectivity index (χ0n) is 24.9. The molecule has 2 nitrogen and oxygen atoms in total. The van der Waals surface area contributed by atoms with E-state index in [1.165, 1.54) is 25.7 Å². The van der Waals surface area contributed by atoms with E-state index >= 15 is 0 Å². The van der Waals surface area contributed by atoms with Gasteiger partial charge in [0, 0.05) is 9.79 Å². The molecule has 2 rings (SSSR count). The monoisotopic (exact) mass is 626 g/mol. The number of halogens is 2. The maximum atomic E-state index is 13.4. The van der Waals surface area contributed by atoms with Crippen LogP contribution >= 0.6 is 23.2 Å². The zero-order valence-corrected chi connectivity index (χ0v) is 28.0. The molecule has 0 fully saturated rings. The molecule has 4 atom stereocenters. The largest absolute Gasteiger partial charge is 0.253 e. The van der Waals surface area contributed by atoms with Crippen molar-refractivity contribution in [3.05, 3.63) is 60.7 Å². The van der Waals surface area contributed by atoms with Gasteiger partial charge in [0.25, 0.3) is 0 Å². The molecule has 0 bridgehead atoms. The van der Waals surface area contributed by atoms with Crippen molar-refractivity contribution in [3.8, 4) is 0 Å². The average molecular weight is 628 g/mol. The van der Waals surface area contributed by atoms with Crippen LogP contribution in [0, 0.1) is 0 Å². The third-order valence-electron chi connectivity index (χ3n) is 7.74. The fourth-order valence-corrected chi connectivity index (χ4v) is 9.29. The summed E-state index contributed by atoms with van der Waals surface area (Å²) in [5.74, 6) is 0. The lowest BCUT2D eigenvalue weighted by atomic mass is 10.0. The molecule has 0 N–H and O–H groups in total. The van der Waals surface area contributed by atoms with Gasteiger partial charge in [0.2, 0.25) is 0 Å². The van der Waals surface area contributed by atoms with Crippen LogP contribution in [0.15, 0.2) is 70.5 Å².